The predicted octanol–water partition coefficient (Wildman–Crippen LogP) is 1.93. The summed E-state index contributed by atoms with van der Waals surface area (Å²) in [6, 6.07) is 4.36. The average molecular weight is 232 g/mol. The van der Waals surface area contributed by atoms with Gasteiger partial charge in [0, 0.05) is 0 Å². The molecule has 0 fully saturated rings. The van der Waals surface area contributed by atoms with Crippen molar-refractivity contribution in [3.8, 4) is 17.2 Å². The van der Waals surface area contributed by atoms with Crippen molar-refractivity contribution in [2.45, 2.75) is 13.8 Å². The molecule has 0 radical (unpaired) electrons. The zero-order valence-electron chi connectivity index (χ0n) is 9.48. The first-order valence-electron chi connectivity index (χ1n) is 5.11. The number of hydrogen-bond acceptors (Lipinski definition) is 4. The maximum absolute atomic E-state index is 11.6. The van der Waals surface area contributed by atoms with Crippen molar-refractivity contribution in [1.29, 1.82) is 0 Å². The van der Waals surface area contributed by atoms with Crippen LogP contribution in [0.5, 0.6) is 17.2 Å². The van der Waals surface area contributed by atoms with E-state index in [-0.39, 0.29) is 11.1 Å². The Morgan fingerprint density at radius 3 is 2.24 bits per heavy atom. The third kappa shape index (κ3) is 1.67. The lowest BCUT2D eigenvalue weighted by atomic mass is 10.1. The Morgan fingerprint density at radius 1 is 0.941 bits per heavy atom. The molecule has 4 heteroatoms. The topological polar surface area (TPSA) is 77.8 Å². The van der Waals surface area contributed by atoms with E-state index in [9.17, 15) is 20.1 Å². The molecule has 88 valence electrons. The normalized spacial score (nSPS) is 10.7. The van der Waals surface area contributed by atoms with E-state index in [2.05, 4.69) is 0 Å². The van der Waals surface area contributed by atoms with Crippen LogP contribution in [0.1, 0.15) is 11.1 Å². The van der Waals surface area contributed by atoms with Gasteiger partial charge in [0.05, 0.1) is 5.39 Å². The van der Waals surface area contributed by atoms with Crippen molar-refractivity contribution in [2.24, 2.45) is 0 Å². The summed E-state index contributed by atoms with van der Waals surface area (Å²) < 4.78 is 0. The van der Waals surface area contributed by atoms with Crippen molar-refractivity contribution in [1.82, 2.24) is 0 Å². The Hall–Kier alpha value is -2.23. The third-order valence-electron chi connectivity index (χ3n) is 2.73. The number of phenols is 2. The summed E-state index contributed by atoms with van der Waals surface area (Å²) >= 11 is 0. The van der Waals surface area contributed by atoms with Crippen molar-refractivity contribution in [3.63, 3.8) is 0 Å². The second-order valence-electron chi connectivity index (χ2n) is 4.10. The number of phenolic OH excluding ortho intramolecular Hbond substituents is 2. The summed E-state index contributed by atoms with van der Waals surface area (Å²) in [6.07, 6.45) is 0. The van der Waals surface area contributed by atoms with Gasteiger partial charge in [-0.1, -0.05) is 6.07 Å². The first-order valence-corrected chi connectivity index (χ1v) is 5.11. The highest BCUT2D eigenvalue weighted by atomic mass is 16.3. The number of aryl methyl sites for hydroxylation is 2. The Balaban J connectivity index is 3.21. The van der Waals surface area contributed by atoms with Gasteiger partial charge in [-0.3, -0.25) is 4.79 Å². The van der Waals surface area contributed by atoms with E-state index in [1.54, 1.807) is 19.9 Å². The van der Waals surface area contributed by atoms with Crippen LogP contribution in [0.4, 0.5) is 0 Å². The molecule has 2 aromatic carbocycles. The van der Waals surface area contributed by atoms with E-state index in [0.29, 0.717) is 16.5 Å². The van der Waals surface area contributed by atoms with Gasteiger partial charge in [0.15, 0.2) is 17.2 Å². The minimum atomic E-state index is -0.585. The van der Waals surface area contributed by atoms with E-state index < -0.39 is 16.9 Å². The SMILES string of the molecule is Cc1cc(=O)c(O)c2c(O)c(O)cc(C)c2c1. The lowest BCUT2D eigenvalue weighted by Crippen LogP contribution is -1.94. The maximum atomic E-state index is 11.6. The number of hydrogen-bond donors (Lipinski definition) is 3. The maximum Gasteiger partial charge on any atom is 0.221 e. The zero-order chi connectivity index (χ0) is 12.7. The molecule has 0 amide bonds. The third-order valence-corrected chi connectivity index (χ3v) is 2.73. The molecule has 0 aromatic heterocycles. The van der Waals surface area contributed by atoms with Gasteiger partial charge >= 0.3 is 0 Å². The molecule has 17 heavy (non-hydrogen) atoms. The minimum Gasteiger partial charge on any atom is -0.504 e. The molecular weight excluding hydrogens is 220 g/mol. The van der Waals surface area contributed by atoms with Crippen molar-refractivity contribution in [3.05, 3.63) is 39.5 Å². The molecule has 0 heterocycles. The first-order chi connectivity index (χ1) is 7.91. The summed E-state index contributed by atoms with van der Waals surface area (Å²) in [7, 11) is 0. The van der Waals surface area contributed by atoms with Gasteiger partial charge in [0.2, 0.25) is 5.43 Å². The van der Waals surface area contributed by atoms with Gasteiger partial charge in [0.1, 0.15) is 0 Å². The van der Waals surface area contributed by atoms with Crippen LogP contribution in [-0.2, 0) is 0 Å². The number of benzene rings is 1. The second-order valence-corrected chi connectivity index (χ2v) is 4.10. The van der Waals surface area contributed by atoms with Crippen molar-refractivity contribution < 1.29 is 15.3 Å². The first kappa shape index (κ1) is 11.3. The number of aromatic hydroxyl groups is 3. The fourth-order valence-corrected chi connectivity index (χ4v) is 1.90. The number of rotatable bonds is 0. The predicted molar refractivity (Wildman–Crippen MR) is 64.7 cm³/mol. The molecule has 0 aliphatic carbocycles. The molecule has 0 saturated heterocycles. The van der Waals surface area contributed by atoms with E-state index in [4.69, 9.17) is 0 Å². The van der Waals surface area contributed by atoms with Crippen LogP contribution in [0.3, 0.4) is 0 Å². The van der Waals surface area contributed by atoms with Crippen molar-refractivity contribution >= 4 is 10.8 Å². The number of fused-ring (bicyclic) bond motifs is 1. The summed E-state index contributed by atoms with van der Waals surface area (Å²) in [4.78, 5) is 11.6. The van der Waals surface area contributed by atoms with Crippen molar-refractivity contribution in [2.75, 3.05) is 0 Å². The Kier molecular flexibility index (Phi) is 2.42. The van der Waals surface area contributed by atoms with Gasteiger partial charge in [-0.05, 0) is 42.5 Å². The molecular formula is C13H12O4. The highest BCUT2D eigenvalue weighted by Crippen LogP contribution is 2.38. The van der Waals surface area contributed by atoms with Gasteiger partial charge in [-0.2, -0.15) is 0 Å². The Bertz CT molecular complexity index is 674. The van der Waals surface area contributed by atoms with E-state index in [0.717, 1.165) is 0 Å². The average Bonchev–Trinajstić information content (AvgIpc) is 2.35. The fraction of sp³-hybridized carbons (Fsp3) is 0.154. The smallest absolute Gasteiger partial charge is 0.221 e. The van der Waals surface area contributed by atoms with Crippen LogP contribution in [0.2, 0.25) is 0 Å². The second kappa shape index (κ2) is 3.66. The summed E-state index contributed by atoms with van der Waals surface area (Å²) in [5.41, 5.74) is 0.760. The van der Waals surface area contributed by atoms with Crippen LogP contribution in [0, 0.1) is 13.8 Å². The summed E-state index contributed by atoms with van der Waals surface area (Å²) in [6.45, 7) is 3.45. The highest BCUT2D eigenvalue weighted by Gasteiger charge is 2.13. The van der Waals surface area contributed by atoms with Gasteiger partial charge < -0.3 is 15.3 Å². The summed E-state index contributed by atoms with van der Waals surface area (Å²) in [5, 5.41) is 29.6. The monoisotopic (exact) mass is 232 g/mol. The highest BCUT2D eigenvalue weighted by molar-refractivity contribution is 5.97. The lowest BCUT2D eigenvalue weighted by molar-refractivity contribution is 0.405. The molecule has 0 aliphatic heterocycles. The van der Waals surface area contributed by atoms with Crippen LogP contribution in [-0.4, -0.2) is 15.3 Å². The van der Waals surface area contributed by atoms with Crippen LogP contribution >= 0.6 is 0 Å². The quantitative estimate of drug-likeness (QED) is 0.606. The molecule has 3 N–H and O–H groups in total. The van der Waals surface area contributed by atoms with Crippen LogP contribution < -0.4 is 5.43 Å². The standard InChI is InChI=1S/C13H12O4/c1-6-3-8-7(2)5-10(15)13(17)11(8)12(16)9(14)4-6/h3-5,15,17H,1-2H3,(H,14,16). The lowest BCUT2D eigenvalue weighted by Gasteiger charge is -2.05. The molecule has 0 bridgehead atoms. The fourth-order valence-electron chi connectivity index (χ4n) is 1.90. The molecule has 2 aromatic rings. The Labute approximate surface area is 97.4 Å². The van der Waals surface area contributed by atoms with Gasteiger partial charge in [0.25, 0.3) is 0 Å². The molecule has 2 rings (SSSR count). The van der Waals surface area contributed by atoms with Gasteiger partial charge in [-0.15, -0.1) is 0 Å². The van der Waals surface area contributed by atoms with E-state index in [1.807, 2.05) is 0 Å². The molecule has 0 atom stereocenters. The zero-order valence-corrected chi connectivity index (χ0v) is 9.48. The van der Waals surface area contributed by atoms with E-state index >= 15 is 0 Å². The molecule has 0 aliphatic rings. The minimum absolute atomic E-state index is 0.0133. The largest absolute Gasteiger partial charge is 0.504 e. The van der Waals surface area contributed by atoms with Crippen LogP contribution in [0.25, 0.3) is 10.8 Å². The van der Waals surface area contributed by atoms with Gasteiger partial charge in [-0.25, -0.2) is 0 Å². The Morgan fingerprint density at radius 2 is 1.59 bits per heavy atom. The van der Waals surface area contributed by atoms with E-state index in [1.165, 1.54) is 12.1 Å². The molecule has 0 saturated carbocycles. The molecule has 0 unspecified atom stereocenters. The summed E-state index contributed by atoms with van der Waals surface area (Å²) in [5.74, 6) is -1.38. The van der Waals surface area contributed by atoms with Crippen LogP contribution in [0.15, 0.2) is 23.0 Å². The molecule has 4 nitrogen and oxygen atoms in total. The molecule has 0 spiro atoms.